The summed E-state index contributed by atoms with van der Waals surface area (Å²) in [5, 5.41) is 3.14. The smallest absolute Gasteiger partial charge is 0.219 e. The molecule has 2 aliphatic heterocycles. The summed E-state index contributed by atoms with van der Waals surface area (Å²) >= 11 is 0. The van der Waals surface area contributed by atoms with Gasteiger partial charge >= 0.3 is 0 Å². The lowest BCUT2D eigenvalue weighted by Gasteiger charge is -2.39. The molecule has 3 aliphatic rings. The van der Waals surface area contributed by atoms with Crippen molar-refractivity contribution in [3.63, 3.8) is 0 Å². The summed E-state index contributed by atoms with van der Waals surface area (Å²) in [6, 6.07) is 0.689. The Hall–Kier alpha value is -0.650. The normalized spacial score (nSPS) is 27.2. The van der Waals surface area contributed by atoms with Crippen LogP contribution in [0.25, 0.3) is 0 Å². The van der Waals surface area contributed by atoms with Crippen molar-refractivity contribution in [3.05, 3.63) is 0 Å². The lowest BCUT2D eigenvalue weighted by molar-refractivity contribution is -0.121. The molecule has 2 saturated heterocycles. The molecule has 1 aliphatic carbocycles. The highest BCUT2D eigenvalue weighted by atomic mass is 16.1. The third-order valence-corrected chi connectivity index (χ3v) is 7.10. The first-order valence-corrected chi connectivity index (χ1v) is 11.0. The zero-order valence-corrected chi connectivity index (χ0v) is 17.3. The Labute approximate surface area is 160 Å². The van der Waals surface area contributed by atoms with E-state index in [0.29, 0.717) is 17.9 Å². The fraction of sp³-hybridized carbons (Fsp3) is 0.952. The predicted molar refractivity (Wildman–Crippen MR) is 107 cm³/mol. The Balaban J connectivity index is 1.29. The third kappa shape index (κ3) is 5.20. The first kappa shape index (κ1) is 20.1. The average Bonchev–Trinajstić information content (AvgIpc) is 3.32. The number of nitrogens with zero attached hydrogens (tertiary/aromatic N) is 3. The van der Waals surface area contributed by atoms with Crippen molar-refractivity contribution < 1.29 is 4.79 Å². The molecule has 150 valence electrons. The summed E-state index contributed by atoms with van der Waals surface area (Å²) in [4.78, 5) is 19.6. The van der Waals surface area contributed by atoms with Gasteiger partial charge in [-0.3, -0.25) is 14.6 Å². The Morgan fingerprint density at radius 2 is 1.65 bits per heavy atom. The van der Waals surface area contributed by atoms with Crippen LogP contribution in [0.2, 0.25) is 0 Å². The van der Waals surface area contributed by atoms with Gasteiger partial charge in [0.05, 0.1) is 0 Å². The lowest BCUT2D eigenvalue weighted by atomic mass is 9.91. The summed E-state index contributed by atoms with van der Waals surface area (Å²) in [6.07, 6.45) is 5.64. The van der Waals surface area contributed by atoms with Gasteiger partial charge in [-0.05, 0) is 64.0 Å². The number of carbonyl (C=O) groups is 1. The van der Waals surface area contributed by atoms with Gasteiger partial charge in [-0.2, -0.15) is 0 Å². The van der Waals surface area contributed by atoms with Crippen LogP contribution in [0.15, 0.2) is 0 Å². The molecule has 0 radical (unpaired) electrons. The molecule has 1 unspecified atom stereocenters. The highest BCUT2D eigenvalue weighted by Crippen LogP contribution is 2.58. The van der Waals surface area contributed by atoms with E-state index < -0.39 is 0 Å². The highest BCUT2D eigenvalue weighted by Gasteiger charge is 2.54. The van der Waals surface area contributed by atoms with E-state index in [0.717, 1.165) is 18.9 Å². The largest absolute Gasteiger partial charge is 0.356 e. The Bertz CT molecular complexity index is 451. The Morgan fingerprint density at radius 1 is 1.04 bits per heavy atom. The van der Waals surface area contributed by atoms with Crippen molar-refractivity contribution in [1.82, 2.24) is 20.0 Å². The number of rotatable bonds is 8. The van der Waals surface area contributed by atoms with Crippen LogP contribution in [0.1, 0.15) is 52.9 Å². The minimum Gasteiger partial charge on any atom is -0.356 e. The number of nitrogens with one attached hydrogen (secondary N) is 1. The van der Waals surface area contributed by atoms with E-state index in [1.165, 1.54) is 71.6 Å². The Kier molecular flexibility index (Phi) is 6.98. The van der Waals surface area contributed by atoms with Gasteiger partial charge in [0.2, 0.25) is 5.91 Å². The topological polar surface area (TPSA) is 38.8 Å². The van der Waals surface area contributed by atoms with Crippen molar-refractivity contribution >= 4 is 5.91 Å². The molecule has 5 heteroatoms. The molecule has 1 spiro atoms. The van der Waals surface area contributed by atoms with Crippen LogP contribution in [-0.4, -0.2) is 85.6 Å². The minimum absolute atomic E-state index is 0.240. The number of piperidine rings is 1. The number of carbonyl (C=O) groups excluding carboxylic acids is 1. The minimum atomic E-state index is 0.240. The van der Waals surface area contributed by atoms with Crippen LogP contribution in [0.4, 0.5) is 0 Å². The van der Waals surface area contributed by atoms with Gasteiger partial charge in [-0.15, -0.1) is 0 Å². The average molecular weight is 365 g/mol. The summed E-state index contributed by atoms with van der Waals surface area (Å²) in [7, 11) is 0. The first-order chi connectivity index (χ1) is 12.5. The maximum atomic E-state index is 11.7. The number of amides is 1. The van der Waals surface area contributed by atoms with Gasteiger partial charge < -0.3 is 10.2 Å². The molecule has 3 rings (SSSR count). The van der Waals surface area contributed by atoms with E-state index in [1.54, 1.807) is 0 Å². The molecule has 1 atom stereocenters. The van der Waals surface area contributed by atoms with Crippen LogP contribution < -0.4 is 5.32 Å². The molecule has 26 heavy (non-hydrogen) atoms. The third-order valence-electron chi connectivity index (χ3n) is 7.10. The van der Waals surface area contributed by atoms with E-state index >= 15 is 0 Å². The molecule has 3 fully saturated rings. The van der Waals surface area contributed by atoms with E-state index in [-0.39, 0.29) is 5.91 Å². The zero-order chi connectivity index (χ0) is 18.6. The lowest BCUT2D eigenvalue weighted by Crippen LogP contribution is -2.50. The summed E-state index contributed by atoms with van der Waals surface area (Å²) in [6.45, 7) is 17.5. The van der Waals surface area contributed by atoms with Gasteiger partial charge in [-0.1, -0.05) is 6.92 Å². The van der Waals surface area contributed by atoms with E-state index in [9.17, 15) is 4.79 Å². The fourth-order valence-corrected chi connectivity index (χ4v) is 4.89. The number of likely N-dealkylation sites (tertiary alicyclic amines) is 1. The summed E-state index contributed by atoms with van der Waals surface area (Å²) in [5.41, 5.74) is 0.568. The second-order valence-corrected chi connectivity index (χ2v) is 9.13. The summed E-state index contributed by atoms with van der Waals surface area (Å²) in [5.74, 6) is 0.985. The van der Waals surface area contributed by atoms with Crippen molar-refractivity contribution in [2.24, 2.45) is 11.3 Å². The quantitative estimate of drug-likeness (QED) is 0.715. The number of hydrogen-bond donors (Lipinski definition) is 1. The molecule has 0 aromatic heterocycles. The Morgan fingerprint density at radius 3 is 2.23 bits per heavy atom. The zero-order valence-electron chi connectivity index (χ0n) is 17.3. The molecule has 1 saturated carbocycles. The maximum absolute atomic E-state index is 11.7. The monoisotopic (exact) mass is 364 g/mol. The number of hydrogen-bond acceptors (Lipinski definition) is 4. The fourth-order valence-electron chi connectivity index (χ4n) is 4.89. The SMILES string of the molecule is CCCC(=O)NCC1CC12CCN(CCN1CCN(C(C)C)CC1)CC2. The van der Waals surface area contributed by atoms with Crippen LogP contribution in [0.3, 0.4) is 0 Å². The number of piperazine rings is 1. The molecule has 1 N–H and O–H groups in total. The van der Waals surface area contributed by atoms with Crippen molar-refractivity contribution in [2.45, 2.75) is 58.9 Å². The molecular formula is C21H40N4O. The second-order valence-electron chi connectivity index (χ2n) is 9.13. The highest BCUT2D eigenvalue weighted by molar-refractivity contribution is 5.75. The van der Waals surface area contributed by atoms with Gasteiger partial charge in [0.25, 0.3) is 0 Å². The standard InChI is InChI=1S/C21H40N4O/c1-4-5-20(26)22-17-19-16-21(19)6-8-23(9-7-21)10-11-24-12-14-25(15-13-24)18(2)3/h18-19H,4-17H2,1-3H3,(H,22,26). The molecule has 5 nitrogen and oxygen atoms in total. The molecule has 0 aromatic carbocycles. The van der Waals surface area contributed by atoms with E-state index in [2.05, 4.69) is 40.8 Å². The van der Waals surface area contributed by atoms with Crippen molar-refractivity contribution in [3.8, 4) is 0 Å². The second kappa shape index (κ2) is 9.03. The summed E-state index contributed by atoms with van der Waals surface area (Å²) < 4.78 is 0. The van der Waals surface area contributed by atoms with Crippen LogP contribution >= 0.6 is 0 Å². The molecule has 0 bridgehead atoms. The first-order valence-electron chi connectivity index (χ1n) is 11.0. The molecule has 0 aromatic rings. The van der Waals surface area contributed by atoms with Crippen LogP contribution in [0.5, 0.6) is 0 Å². The molecular weight excluding hydrogens is 324 g/mol. The van der Waals surface area contributed by atoms with E-state index in [4.69, 9.17) is 0 Å². The molecule has 1 amide bonds. The maximum Gasteiger partial charge on any atom is 0.219 e. The van der Waals surface area contributed by atoms with Gasteiger partial charge in [0.1, 0.15) is 0 Å². The van der Waals surface area contributed by atoms with Gasteiger partial charge in [0.15, 0.2) is 0 Å². The van der Waals surface area contributed by atoms with Crippen LogP contribution in [-0.2, 0) is 4.79 Å². The van der Waals surface area contributed by atoms with Gasteiger partial charge in [-0.25, -0.2) is 0 Å². The van der Waals surface area contributed by atoms with Gasteiger partial charge in [0, 0.05) is 58.3 Å². The van der Waals surface area contributed by atoms with Crippen LogP contribution in [0, 0.1) is 11.3 Å². The van der Waals surface area contributed by atoms with E-state index in [1.807, 2.05) is 0 Å². The predicted octanol–water partition coefficient (Wildman–Crippen LogP) is 2.03. The van der Waals surface area contributed by atoms with Crippen molar-refractivity contribution in [1.29, 1.82) is 0 Å². The molecule has 2 heterocycles. The van der Waals surface area contributed by atoms with Crippen molar-refractivity contribution in [2.75, 3.05) is 58.9 Å².